The first-order valence-electron chi connectivity index (χ1n) is 10.3. The van der Waals surface area contributed by atoms with E-state index in [9.17, 15) is 13.2 Å². The number of aromatic nitrogens is 1. The van der Waals surface area contributed by atoms with E-state index in [-0.39, 0.29) is 23.8 Å². The highest BCUT2D eigenvalue weighted by molar-refractivity contribution is 7.89. The lowest BCUT2D eigenvalue weighted by Gasteiger charge is -2.30. The van der Waals surface area contributed by atoms with Crippen molar-refractivity contribution in [2.45, 2.75) is 51.5 Å². The highest BCUT2D eigenvalue weighted by Gasteiger charge is 2.18. The van der Waals surface area contributed by atoms with Crippen molar-refractivity contribution in [3.05, 3.63) is 40.4 Å². The molecule has 1 saturated heterocycles. The molecule has 1 unspecified atom stereocenters. The van der Waals surface area contributed by atoms with Crippen LogP contribution in [0.25, 0.3) is 0 Å². The Morgan fingerprint density at radius 2 is 2.10 bits per heavy atom. The lowest BCUT2D eigenvalue weighted by molar-refractivity contribution is -0.116. The minimum absolute atomic E-state index is 0.0327. The fraction of sp³-hybridized carbons (Fsp3) is 0.524. The Hall–Kier alpha value is -1.81. The van der Waals surface area contributed by atoms with Gasteiger partial charge in [0, 0.05) is 31.4 Å². The molecule has 1 atom stereocenters. The maximum absolute atomic E-state index is 12.4. The van der Waals surface area contributed by atoms with E-state index >= 15 is 0 Å². The molecular formula is C21H30N4O3S2. The molecule has 3 rings (SSSR count). The minimum atomic E-state index is -3.63. The standard InChI is InChI=1S/C21H30N4O3S2/c1-15-5-4-10-25(12-15)13-18-14-29-21(23-18)24-20(26)8-9-22-30(27,28)19-7-6-16(2)17(3)11-19/h6-7,11,14-15,22H,4-5,8-10,12-13H2,1-3H3,(H,23,24,26). The van der Waals surface area contributed by atoms with E-state index in [2.05, 4.69) is 26.8 Å². The van der Waals surface area contributed by atoms with E-state index in [1.54, 1.807) is 18.2 Å². The van der Waals surface area contributed by atoms with Crippen LogP contribution in [0.1, 0.15) is 43.0 Å². The topological polar surface area (TPSA) is 91.4 Å². The number of nitrogens with zero attached hydrogens (tertiary/aromatic N) is 2. The predicted octanol–water partition coefficient (Wildman–Crippen LogP) is 3.30. The molecule has 0 aliphatic carbocycles. The number of sulfonamides is 1. The molecule has 1 aromatic heterocycles. The summed E-state index contributed by atoms with van der Waals surface area (Å²) in [5, 5.41) is 5.29. The average molecular weight is 451 g/mol. The molecule has 1 aliphatic rings. The van der Waals surface area contributed by atoms with Gasteiger partial charge < -0.3 is 5.32 Å². The number of nitrogens with one attached hydrogen (secondary N) is 2. The van der Waals surface area contributed by atoms with Gasteiger partial charge in [0.25, 0.3) is 0 Å². The number of thiazole rings is 1. The van der Waals surface area contributed by atoms with Gasteiger partial charge in [-0.15, -0.1) is 11.3 Å². The van der Waals surface area contributed by atoms with Crippen molar-refractivity contribution in [2.75, 3.05) is 25.0 Å². The first-order valence-corrected chi connectivity index (χ1v) is 12.6. The van der Waals surface area contributed by atoms with Gasteiger partial charge in [-0.05, 0) is 62.4 Å². The van der Waals surface area contributed by atoms with Gasteiger partial charge in [-0.2, -0.15) is 0 Å². The first-order chi connectivity index (χ1) is 14.2. The lowest BCUT2D eigenvalue weighted by atomic mass is 10.0. The third-order valence-corrected chi connectivity index (χ3v) is 7.62. The van der Waals surface area contributed by atoms with Gasteiger partial charge in [-0.3, -0.25) is 9.69 Å². The monoisotopic (exact) mass is 450 g/mol. The number of benzene rings is 1. The van der Waals surface area contributed by atoms with Gasteiger partial charge in [0.1, 0.15) is 0 Å². The Kier molecular flexibility index (Phi) is 7.62. The number of aryl methyl sites for hydroxylation is 2. The van der Waals surface area contributed by atoms with E-state index in [4.69, 9.17) is 0 Å². The minimum Gasteiger partial charge on any atom is -0.302 e. The van der Waals surface area contributed by atoms with Crippen LogP contribution in [-0.2, 0) is 21.4 Å². The third kappa shape index (κ3) is 6.34. The molecule has 1 fully saturated rings. The maximum Gasteiger partial charge on any atom is 0.240 e. The normalized spacial score (nSPS) is 17.8. The molecule has 30 heavy (non-hydrogen) atoms. The molecular weight excluding hydrogens is 420 g/mol. The Morgan fingerprint density at radius 1 is 1.30 bits per heavy atom. The number of anilines is 1. The van der Waals surface area contributed by atoms with Crippen LogP contribution < -0.4 is 10.0 Å². The average Bonchev–Trinajstić information content (AvgIpc) is 3.10. The van der Waals surface area contributed by atoms with Crippen molar-refractivity contribution in [3.63, 3.8) is 0 Å². The zero-order chi connectivity index (χ0) is 21.7. The first kappa shape index (κ1) is 22.9. The number of piperidine rings is 1. The van der Waals surface area contributed by atoms with Crippen LogP contribution in [0.5, 0.6) is 0 Å². The zero-order valence-corrected chi connectivity index (χ0v) is 19.4. The van der Waals surface area contributed by atoms with Crippen LogP contribution >= 0.6 is 11.3 Å². The van der Waals surface area contributed by atoms with Gasteiger partial charge in [-0.25, -0.2) is 18.1 Å². The summed E-state index contributed by atoms with van der Waals surface area (Å²) < 4.78 is 27.3. The van der Waals surface area contributed by atoms with Crippen LogP contribution in [0.3, 0.4) is 0 Å². The Balaban J connectivity index is 1.45. The van der Waals surface area contributed by atoms with E-state index in [1.165, 1.54) is 24.2 Å². The van der Waals surface area contributed by atoms with Gasteiger partial charge in [0.05, 0.1) is 10.6 Å². The molecule has 0 bridgehead atoms. The number of rotatable bonds is 8. The summed E-state index contributed by atoms with van der Waals surface area (Å²) >= 11 is 1.40. The number of carbonyl (C=O) groups excluding carboxylic acids is 1. The second kappa shape index (κ2) is 10.00. The highest BCUT2D eigenvalue weighted by atomic mass is 32.2. The van der Waals surface area contributed by atoms with Gasteiger partial charge >= 0.3 is 0 Å². The van der Waals surface area contributed by atoms with Crippen LogP contribution in [0, 0.1) is 19.8 Å². The second-order valence-electron chi connectivity index (χ2n) is 8.07. The number of hydrogen-bond donors (Lipinski definition) is 2. The summed E-state index contributed by atoms with van der Waals surface area (Å²) in [6.07, 6.45) is 2.54. The SMILES string of the molecule is Cc1ccc(S(=O)(=O)NCCC(=O)Nc2nc(CN3CCCC(C)C3)cs2)cc1C. The molecule has 2 heterocycles. The van der Waals surface area contributed by atoms with Crippen molar-refractivity contribution >= 4 is 32.4 Å². The van der Waals surface area contributed by atoms with Crippen molar-refractivity contribution in [1.29, 1.82) is 0 Å². The van der Waals surface area contributed by atoms with Crippen LogP contribution in [-0.4, -0.2) is 43.8 Å². The smallest absolute Gasteiger partial charge is 0.240 e. The summed E-state index contributed by atoms with van der Waals surface area (Å²) in [6, 6.07) is 4.99. The molecule has 2 N–H and O–H groups in total. The molecule has 1 aromatic carbocycles. The number of carbonyl (C=O) groups is 1. The summed E-state index contributed by atoms with van der Waals surface area (Å²) in [7, 11) is -3.63. The molecule has 0 saturated carbocycles. The number of amides is 1. The Morgan fingerprint density at radius 3 is 2.83 bits per heavy atom. The van der Waals surface area contributed by atoms with E-state index in [1.807, 2.05) is 19.2 Å². The quantitative estimate of drug-likeness (QED) is 0.644. The van der Waals surface area contributed by atoms with E-state index < -0.39 is 10.0 Å². The molecule has 164 valence electrons. The molecule has 2 aromatic rings. The highest BCUT2D eigenvalue weighted by Crippen LogP contribution is 2.21. The van der Waals surface area contributed by atoms with Gasteiger partial charge in [0.15, 0.2) is 5.13 Å². The van der Waals surface area contributed by atoms with Crippen LogP contribution in [0.4, 0.5) is 5.13 Å². The van der Waals surface area contributed by atoms with Crippen molar-refractivity contribution in [1.82, 2.24) is 14.6 Å². The summed E-state index contributed by atoms with van der Waals surface area (Å²) in [5.74, 6) is 0.453. The van der Waals surface area contributed by atoms with Crippen molar-refractivity contribution in [2.24, 2.45) is 5.92 Å². The number of hydrogen-bond acceptors (Lipinski definition) is 6. The summed E-state index contributed by atoms with van der Waals surface area (Å²) in [6.45, 7) is 9.07. The predicted molar refractivity (Wildman–Crippen MR) is 120 cm³/mol. The fourth-order valence-corrected chi connectivity index (χ4v) is 5.38. The van der Waals surface area contributed by atoms with Crippen molar-refractivity contribution < 1.29 is 13.2 Å². The summed E-state index contributed by atoms with van der Waals surface area (Å²) in [5.41, 5.74) is 2.90. The number of likely N-dealkylation sites (tertiary alicyclic amines) is 1. The largest absolute Gasteiger partial charge is 0.302 e. The fourth-order valence-electron chi connectivity index (χ4n) is 3.54. The maximum atomic E-state index is 12.4. The van der Waals surface area contributed by atoms with Gasteiger partial charge in [-0.1, -0.05) is 13.0 Å². The van der Waals surface area contributed by atoms with Crippen LogP contribution in [0.15, 0.2) is 28.5 Å². The molecule has 1 amide bonds. The third-order valence-electron chi connectivity index (χ3n) is 5.36. The van der Waals surface area contributed by atoms with Gasteiger partial charge in [0.2, 0.25) is 15.9 Å². The van der Waals surface area contributed by atoms with Crippen LogP contribution in [0.2, 0.25) is 0 Å². The molecule has 7 nitrogen and oxygen atoms in total. The molecule has 0 radical (unpaired) electrons. The zero-order valence-electron chi connectivity index (χ0n) is 17.8. The second-order valence-corrected chi connectivity index (χ2v) is 10.7. The Labute approximate surface area is 183 Å². The molecule has 9 heteroatoms. The lowest BCUT2D eigenvalue weighted by Crippen LogP contribution is -2.33. The van der Waals surface area contributed by atoms with Crippen molar-refractivity contribution in [3.8, 4) is 0 Å². The Bertz CT molecular complexity index is 988. The molecule has 1 aliphatic heterocycles. The van der Waals surface area contributed by atoms with E-state index in [0.717, 1.165) is 36.5 Å². The molecule has 0 spiro atoms. The van der Waals surface area contributed by atoms with E-state index in [0.29, 0.717) is 11.0 Å². The summed E-state index contributed by atoms with van der Waals surface area (Å²) in [4.78, 5) is 19.3.